The van der Waals surface area contributed by atoms with Gasteiger partial charge in [-0.1, -0.05) is 11.1 Å². The van der Waals surface area contributed by atoms with E-state index >= 15 is 0 Å². The summed E-state index contributed by atoms with van der Waals surface area (Å²) in [6, 6.07) is 0. The van der Waals surface area contributed by atoms with Gasteiger partial charge in [0.2, 0.25) is 0 Å². The van der Waals surface area contributed by atoms with Crippen molar-refractivity contribution in [2.24, 2.45) is 5.92 Å². The third-order valence-corrected chi connectivity index (χ3v) is 3.59. The molecule has 0 heterocycles. The van der Waals surface area contributed by atoms with Crippen molar-refractivity contribution in [1.29, 1.82) is 0 Å². The SMILES string of the molecule is CC(=O)OC[C@H]1C(C)=C(C)C[C@@H](OC(C)=O)[C@@H]1OC(C)=O. The lowest BCUT2D eigenvalue weighted by Crippen LogP contribution is -2.45. The fraction of sp³-hybridized carbons (Fsp3) is 0.667. The third kappa shape index (κ3) is 4.88. The summed E-state index contributed by atoms with van der Waals surface area (Å²) in [4.78, 5) is 33.6. The van der Waals surface area contributed by atoms with E-state index in [4.69, 9.17) is 14.2 Å². The van der Waals surface area contributed by atoms with E-state index < -0.39 is 30.1 Å². The average Bonchev–Trinajstić information content (AvgIpc) is 2.33. The summed E-state index contributed by atoms with van der Waals surface area (Å²) in [6.07, 6.45) is -0.704. The lowest BCUT2D eigenvalue weighted by Gasteiger charge is -2.37. The summed E-state index contributed by atoms with van der Waals surface area (Å²) in [6.45, 7) is 7.86. The van der Waals surface area contributed by atoms with E-state index in [2.05, 4.69) is 0 Å². The number of carbonyl (C=O) groups excluding carboxylic acids is 3. The first-order valence-corrected chi connectivity index (χ1v) is 6.86. The van der Waals surface area contributed by atoms with Crippen LogP contribution in [0.4, 0.5) is 0 Å². The number of esters is 3. The predicted molar refractivity (Wildman–Crippen MR) is 74.2 cm³/mol. The Hall–Kier alpha value is -1.85. The van der Waals surface area contributed by atoms with Crippen molar-refractivity contribution in [1.82, 2.24) is 0 Å². The Balaban J connectivity index is 3.04. The summed E-state index contributed by atoms with van der Waals surface area (Å²) in [5.41, 5.74) is 2.03. The highest BCUT2D eigenvalue weighted by Crippen LogP contribution is 2.34. The van der Waals surface area contributed by atoms with Crippen LogP contribution in [0.5, 0.6) is 0 Å². The summed E-state index contributed by atoms with van der Waals surface area (Å²) in [5.74, 6) is -1.61. The summed E-state index contributed by atoms with van der Waals surface area (Å²) in [5, 5.41) is 0. The highest BCUT2D eigenvalue weighted by atomic mass is 16.6. The minimum atomic E-state index is -0.644. The third-order valence-electron chi connectivity index (χ3n) is 3.59. The van der Waals surface area contributed by atoms with E-state index in [0.29, 0.717) is 6.42 Å². The molecule has 0 saturated carbocycles. The lowest BCUT2D eigenvalue weighted by atomic mass is 9.80. The minimum Gasteiger partial charge on any atom is -0.465 e. The molecule has 0 spiro atoms. The standard InChI is InChI=1S/C15H22O6/c1-8-6-14(20-11(4)17)15(21-12(5)18)13(9(8)2)7-19-10(3)16/h13-15H,6-7H2,1-5H3/t13-,14+,15+/m0/s1. The molecule has 0 aromatic heterocycles. The van der Waals surface area contributed by atoms with Gasteiger partial charge in [0.05, 0.1) is 5.92 Å². The molecule has 0 radical (unpaired) electrons. The molecule has 1 rings (SSSR count). The molecule has 0 unspecified atom stereocenters. The first-order chi connectivity index (χ1) is 9.72. The van der Waals surface area contributed by atoms with Crippen molar-refractivity contribution in [2.45, 2.75) is 53.2 Å². The Labute approximate surface area is 124 Å². The van der Waals surface area contributed by atoms with Gasteiger partial charge < -0.3 is 14.2 Å². The quantitative estimate of drug-likeness (QED) is 0.447. The predicted octanol–water partition coefficient (Wildman–Crippen LogP) is 1.77. The van der Waals surface area contributed by atoms with Gasteiger partial charge in [0, 0.05) is 27.2 Å². The van der Waals surface area contributed by atoms with Crippen molar-refractivity contribution in [3.63, 3.8) is 0 Å². The Kier molecular flexibility index (Phi) is 5.93. The molecule has 6 nitrogen and oxygen atoms in total. The van der Waals surface area contributed by atoms with E-state index in [9.17, 15) is 14.4 Å². The van der Waals surface area contributed by atoms with Crippen LogP contribution in [0, 0.1) is 5.92 Å². The topological polar surface area (TPSA) is 78.9 Å². The number of hydrogen-bond acceptors (Lipinski definition) is 6. The van der Waals surface area contributed by atoms with Crippen LogP contribution < -0.4 is 0 Å². The van der Waals surface area contributed by atoms with Crippen LogP contribution in [0.25, 0.3) is 0 Å². The zero-order valence-electron chi connectivity index (χ0n) is 13.1. The second-order valence-corrected chi connectivity index (χ2v) is 5.30. The second kappa shape index (κ2) is 7.24. The fourth-order valence-electron chi connectivity index (χ4n) is 2.50. The monoisotopic (exact) mass is 298 g/mol. The summed E-state index contributed by atoms with van der Waals surface area (Å²) >= 11 is 0. The summed E-state index contributed by atoms with van der Waals surface area (Å²) in [7, 11) is 0. The van der Waals surface area contributed by atoms with Gasteiger partial charge in [-0.2, -0.15) is 0 Å². The van der Waals surface area contributed by atoms with E-state index in [1.807, 2.05) is 13.8 Å². The molecule has 0 aromatic carbocycles. The number of hydrogen-bond donors (Lipinski definition) is 0. The Bertz CT molecular complexity index is 465. The molecule has 1 aliphatic carbocycles. The van der Waals surface area contributed by atoms with Crippen molar-refractivity contribution >= 4 is 17.9 Å². The minimum absolute atomic E-state index is 0.0915. The zero-order chi connectivity index (χ0) is 16.2. The molecule has 0 bridgehead atoms. The largest absolute Gasteiger partial charge is 0.465 e. The molecule has 3 atom stereocenters. The maximum atomic E-state index is 11.3. The molecule has 6 heteroatoms. The highest BCUT2D eigenvalue weighted by Gasteiger charge is 2.40. The average molecular weight is 298 g/mol. The molecule has 0 amide bonds. The van der Waals surface area contributed by atoms with Crippen LogP contribution >= 0.6 is 0 Å². The van der Waals surface area contributed by atoms with E-state index in [1.54, 1.807) is 0 Å². The molecule has 0 saturated heterocycles. The van der Waals surface area contributed by atoms with Crippen molar-refractivity contribution < 1.29 is 28.6 Å². The van der Waals surface area contributed by atoms with Crippen LogP contribution in [0.1, 0.15) is 41.0 Å². The van der Waals surface area contributed by atoms with E-state index in [-0.39, 0.29) is 12.5 Å². The van der Waals surface area contributed by atoms with Gasteiger partial charge in [-0.05, 0) is 13.8 Å². The molecule has 1 aliphatic rings. The van der Waals surface area contributed by atoms with Crippen LogP contribution in [-0.2, 0) is 28.6 Å². The first kappa shape index (κ1) is 17.2. The van der Waals surface area contributed by atoms with Crippen LogP contribution in [0.2, 0.25) is 0 Å². The van der Waals surface area contributed by atoms with Crippen molar-refractivity contribution in [3.05, 3.63) is 11.1 Å². The van der Waals surface area contributed by atoms with Crippen molar-refractivity contribution in [3.8, 4) is 0 Å². The number of rotatable bonds is 4. The zero-order valence-corrected chi connectivity index (χ0v) is 13.1. The Morgan fingerprint density at radius 2 is 1.57 bits per heavy atom. The summed E-state index contributed by atoms with van der Waals surface area (Å²) < 4.78 is 15.7. The second-order valence-electron chi connectivity index (χ2n) is 5.30. The Morgan fingerprint density at radius 1 is 1.00 bits per heavy atom. The molecule has 118 valence electrons. The van der Waals surface area contributed by atoms with E-state index in [1.165, 1.54) is 20.8 Å². The van der Waals surface area contributed by atoms with E-state index in [0.717, 1.165) is 11.1 Å². The molecule has 0 fully saturated rings. The Morgan fingerprint density at radius 3 is 2.05 bits per heavy atom. The van der Waals surface area contributed by atoms with Gasteiger partial charge in [0.1, 0.15) is 18.8 Å². The molecular formula is C15H22O6. The van der Waals surface area contributed by atoms with Crippen LogP contribution in [0.15, 0.2) is 11.1 Å². The highest BCUT2D eigenvalue weighted by molar-refractivity contribution is 5.68. The van der Waals surface area contributed by atoms with Gasteiger partial charge in [0.25, 0.3) is 0 Å². The first-order valence-electron chi connectivity index (χ1n) is 6.86. The smallest absolute Gasteiger partial charge is 0.303 e. The molecular weight excluding hydrogens is 276 g/mol. The fourth-order valence-corrected chi connectivity index (χ4v) is 2.50. The van der Waals surface area contributed by atoms with Gasteiger partial charge >= 0.3 is 17.9 Å². The van der Waals surface area contributed by atoms with Gasteiger partial charge in [-0.3, -0.25) is 14.4 Å². The van der Waals surface area contributed by atoms with Gasteiger partial charge in [-0.15, -0.1) is 0 Å². The normalized spacial score (nSPS) is 25.3. The van der Waals surface area contributed by atoms with Gasteiger partial charge in [-0.25, -0.2) is 0 Å². The van der Waals surface area contributed by atoms with Gasteiger partial charge in [0.15, 0.2) is 0 Å². The number of ether oxygens (including phenoxy) is 3. The number of carbonyl (C=O) groups is 3. The maximum absolute atomic E-state index is 11.3. The molecule has 0 aliphatic heterocycles. The molecule has 0 aromatic rings. The molecule has 0 N–H and O–H groups in total. The maximum Gasteiger partial charge on any atom is 0.303 e. The molecule has 21 heavy (non-hydrogen) atoms. The lowest BCUT2D eigenvalue weighted by molar-refractivity contribution is -0.172. The van der Waals surface area contributed by atoms with Crippen molar-refractivity contribution in [2.75, 3.05) is 6.61 Å². The van der Waals surface area contributed by atoms with Crippen LogP contribution in [0.3, 0.4) is 0 Å². The van der Waals surface area contributed by atoms with Crippen LogP contribution in [-0.4, -0.2) is 36.7 Å².